The van der Waals surface area contributed by atoms with Crippen LogP contribution in [-0.2, 0) is 24.4 Å². The molecular formula is C23H34N4O6S. The van der Waals surface area contributed by atoms with Crippen molar-refractivity contribution >= 4 is 27.8 Å². The van der Waals surface area contributed by atoms with Gasteiger partial charge in [0, 0.05) is 45.6 Å². The molecule has 1 aromatic carbocycles. The van der Waals surface area contributed by atoms with Crippen LogP contribution in [0.1, 0.15) is 44.9 Å². The minimum absolute atomic E-state index is 0.0234. The zero-order chi connectivity index (χ0) is 24.8. The molecule has 2 fully saturated rings. The highest BCUT2D eigenvalue weighted by Gasteiger charge is 2.39. The minimum Gasteiger partial charge on any atom is -0.480 e. The second-order valence-corrected chi connectivity index (χ2v) is 10.9. The highest BCUT2D eigenvalue weighted by atomic mass is 32.2. The van der Waals surface area contributed by atoms with Crippen LogP contribution < -0.4 is 10.5 Å². The molecule has 0 aromatic heterocycles. The van der Waals surface area contributed by atoms with Crippen LogP contribution in [0.15, 0.2) is 35.2 Å². The molecule has 2 aliphatic heterocycles. The number of sulfonamides is 1. The number of amides is 2. The summed E-state index contributed by atoms with van der Waals surface area (Å²) < 4.78 is 27.1. The first kappa shape index (κ1) is 26.1. The van der Waals surface area contributed by atoms with Gasteiger partial charge in [-0.05, 0) is 49.7 Å². The summed E-state index contributed by atoms with van der Waals surface area (Å²) in [6, 6.07) is 6.15. The van der Waals surface area contributed by atoms with Gasteiger partial charge < -0.3 is 20.6 Å². The van der Waals surface area contributed by atoms with Gasteiger partial charge in [-0.2, -0.15) is 4.72 Å². The molecule has 4 N–H and O–H groups in total. The zero-order valence-corrected chi connectivity index (χ0v) is 20.1. The van der Waals surface area contributed by atoms with Crippen molar-refractivity contribution in [3.63, 3.8) is 0 Å². The summed E-state index contributed by atoms with van der Waals surface area (Å²) in [7, 11) is -4.00. The number of rotatable bonds is 9. The Labute approximate surface area is 200 Å². The van der Waals surface area contributed by atoms with Crippen LogP contribution >= 0.6 is 0 Å². The molecule has 1 spiro atoms. The molecule has 0 aliphatic carbocycles. The van der Waals surface area contributed by atoms with Crippen molar-refractivity contribution < 1.29 is 27.9 Å². The van der Waals surface area contributed by atoms with Crippen molar-refractivity contribution in [3.8, 4) is 0 Å². The Bertz CT molecular complexity index is 966. The van der Waals surface area contributed by atoms with Gasteiger partial charge in [0.1, 0.15) is 6.04 Å². The van der Waals surface area contributed by atoms with Crippen molar-refractivity contribution in [2.24, 2.45) is 11.1 Å². The monoisotopic (exact) mass is 494 g/mol. The van der Waals surface area contributed by atoms with Crippen molar-refractivity contribution in [2.75, 3.05) is 32.7 Å². The van der Waals surface area contributed by atoms with Gasteiger partial charge in [0.25, 0.3) is 0 Å². The SMILES string of the molecule is NCCC(=O)N1CCC2(CC1)CCN(C(=O)CC[C@H](NS(=O)(=O)c1ccccc1)C(=O)O)CC2. The largest absolute Gasteiger partial charge is 0.480 e. The van der Waals surface area contributed by atoms with Gasteiger partial charge in [-0.3, -0.25) is 14.4 Å². The Morgan fingerprint density at radius 3 is 1.91 bits per heavy atom. The molecule has 188 valence electrons. The molecule has 2 aliphatic rings. The first-order valence-corrected chi connectivity index (χ1v) is 13.2. The predicted octanol–water partition coefficient (Wildman–Crippen LogP) is 0.778. The Balaban J connectivity index is 1.48. The van der Waals surface area contributed by atoms with E-state index in [1.165, 1.54) is 12.1 Å². The fourth-order valence-electron chi connectivity index (χ4n) is 4.76. The third-order valence-electron chi connectivity index (χ3n) is 7.01. The summed E-state index contributed by atoms with van der Waals surface area (Å²) in [5.74, 6) is -1.39. The fourth-order valence-corrected chi connectivity index (χ4v) is 6.00. The summed E-state index contributed by atoms with van der Waals surface area (Å²) in [6.07, 6.45) is 3.71. The van der Waals surface area contributed by atoms with E-state index in [1.807, 2.05) is 4.90 Å². The lowest BCUT2D eigenvalue weighted by atomic mass is 9.71. The quantitative estimate of drug-likeness (QED) is 0.459. The number of nitrogens with two attached hydrogens (primary N) is 1. The van der Waals surface area contributed by atoms with Crippen molar-refractivity contribution in [1.29, 1.82) is 0 Å². The van der Waals surface area contributed by atoms with Crippen LogP contribution in [0.2, 0.25) is 0 Å². The predicted molar refractivity (Wildman–Crippen MR) is 125 cm³/mol. The Hall–Kier alpha value is -2.50. The summed E-state index contributed by atoms with van der Waals surface area (Å²) >= 11 is 0. The number of hydrogen-bond donors (Lipinski definition) is 3. The molecular weight excluding hydrogens is 460 g/mol. The molecule has 0 saturated carbocycles. The number of carbonyl (C=O) groups is 3. The van der Waals surface area contributed by atoms with E-state index in [0.717, 1.165) is 25.7 Å². The van der Waals surface area contributed by atoms with Crippen molar-refractivity contribution in [1.82, 2.24) is 14.5 Å². The first-order chi connectivity index (χ1) is 16.2. The van der Waals surface area contributed by atoms with Gasteiger partial charge in [-0.25, -0.2) is 8.42 Å². The number of nitrogens with zero attached hydrogens (tertiary/aromatic N) is 2. The van der Waals surface area contributed by atoms with Gasteiger partial charge in [-0.1, -0.05) is 18.2 Å². The summed E-state index contributed by atoms with van der Waals surface area (Å²) in [5.41, 5.74) is 5.61. The summed E-state index contributed by atoms with van der Waals surface area (Å²) in [4.78, 5) is 40.0. The molecule has 3 rings (SSSR count). The van der Waals surface area contributed by atoms with E-state index in [9.17, 15) is 27.9 Å². The highest BCUT2D eigenvalue weighted by molar-refractivity contribution is 7.89. The van der Waals surface area contributed by atoms with Crippen LogP contribution in [-0.4, -0.2) is 79.9 Å². The summed E-state index contributed by atoms with van der Waals surface area (Å²) in [5, 5.41) is 9.48. The van der Waals surface area contributed by atoms with E-state index in [2.05, 4.69) is 4.72 Å². The maximum Gasteiger partial charge on any atom is 0.321 e. The lowest BCUT2D eigenvalue weighted by Gasteiger charge is -2.47. The van der Waals surface area contributed by atoms with Crippen LogP contribution in [0.4, 0.5) is 0 Å². The summed E-state index contributed by atoms with van der Waals surface area (Å²) in [6.45, 7) is 2.96. The second kappa shape index (κ2) is 11.3. The molecule has 2 amide bonds. The number of likely N-dealkylation sites (tertiary alicyclic amines) is 2. The molecule has 0 unspecified atom stereocenters. The van der Waals surface area contributed by atoms with Crippen LogP contribution in [0, 0.1) is 5.41 Å². The third kappa shape index (κ3) is 6.55. The number of hydrogen-bond acceptors (Lipinski definition) is 6. The fraction of sp³-hybridized carbons (Fsp3) is 0.609. The Kier molecular flexibility index (Phi) is 8.67. The Morgan fingerprint density at radius 2 is 1.44 bits per heavy atom. The van der Waals surface area contributed by atoms with E-state index < -0.39 is 22.0 Å². The van der Waals surface area contributed by atoms with Gasteiger partial charge in [-0.15, -0.1) is 0 Å². The maximum absolute atomic E-state index is 12.7. The third-order valence-corrected chi connectivity index (χ3v) is 8.50. The van der Waals surface area contributed by atoms with E-state index in [4.69, 9.17) is 5.73 Å². The van der Waals surface area contributed by atoms with E-state index in [0.29, 0.717) is 39.1 Å². The lowest BCUT2D eigenvalue weighted by Crippen LogP contribution is -2.49. The normalized spacial score (nSPS) is 19.1. The second-order valence-electron chi connectivity index (χ2n) is 9.16. The van der Waals surface area contributed by atoms with Crippen molar-refractivity contribution in [2.45, 2.75) is 55.9 Å². The van der Waals surface area contributed by atoms with Gasteiger partial charge >= 0.3 is 5.97 Å². The van der Waals surface area contributed by atoms with Gasteiger partial charge in [0.05, 0.1) is 4.90 Å². The molecule has 1 atom stereocenters. The lowest BCUT2D eigenvalue weighted by molar-refractivity contribution is -0.139. The Morgan fingerprint density at radius 1 is 0.941 bits per heavy atom. The zero-order valence-electron chi connectivity index (χ0n) is 19.3. The highest BCUT2D eigenvalue weighted by Crippen LogP contribution is 2.41. The average molecular weight is 495 g/mol. The first-order valence-electron chi connectivity index (χ1n) is 11.7. The molecule has 11 heteroatoms. The number of nitrogens with one attached hydrogen (secondary N) is 1. The molecule has 1 aromatic rings. The smallest absolute Gasteiger partial charge is 0.321 e. The van der Waals surface area contributed by atoms with Gasteiger partial charge in [0.2, 0.25) is 21.8 Å². The van der Waals surface area contributed by atoms with Crippen molar-refractivity contribution in [3.05, 3.63) is 30.3 Å². The topological polar surface area (TPSA) is 150 Å². The number of benzene rings is 1. The number of aliphatic carboxylic acids is 1. The van der Waals surface area contributed by atoms with Crippen LogP contribution in [0.3, 0.4) is 0 Å². The number of carbonyl (C=O) groups excluding carboxylic acids is 2. The standard InChI is InChI=1S/C23H34N4O6S/c24-13-8-21(29)27-16-11-23(12-17-27)9-14-26(15-10-23)20(28)7-6-19(22(30)31)25-34(32,33)18-4-2-1-3-5-18/h1-5,19,25H,6-17,24H2,(H,30,31)/t19-/m0/s1. The van der Waals surface area contributed by atoms with Gasteiger partial charge in [0.15, 0.2) is 0 Å². The van der Waals surface area contributed by atoms with Crippen LogP contribution in [0.5, 0.6) is 0 Å². The molecule has 34 heavy (non-hydrogen) atoms. The number of carboxylic acids is 1. The van der Waals surface area contributed by atoms with E-state index >= 15 is 0 Å². The minimum atomic E-state index is -4.00. The molecule has 2 heterocycles. The maximum atomic E-state index is 12.7. The molecule has 10 nitrogen and oxygen atoms in total. The number of piperidine rings is 2. The average Bonchev–Trinajstić information content (AvgIpc) is 2.83. The van der Waals surface area contributed by atoms with Crippen LogP contribution in [0.25, 0.3) is 0 Å². The van der Waals surface area contributed by atoms with E-state index in [1.54, 1.807) is 23.1 Å². The number of carboxylic acid groups (broad SMARTS) is 1. The molecule has 0 bridgehead atoms. The molecule has 2 saturated heterocycles. The van der Waals surface area contributed by atoms with E-state index in [-0.39, 0.29) is 35.0 Å². The molecule has 0 radical (unpaired) electrons.